The van der Waals surface area contributed by atoms with Gasteiger partial charge in [-0.25, -0.2) is 4.98 Å². The molecule has 0 unspecified atom stereocenters. The molecule has 1 amide bonds. The zero-order valence-corrected chi connectivity index (χ0v) is 14.0. The Balaban J connectivity index is 1.70. The molecule has 118 valence electrons. The van der Waals surface area contributed by atoms with Crippen molar-refractivity contribution in [1.82, 2.24) is 15.5 Å². The number of thiazole rings is 1. The fraction of sp³-hybridized carbons (Fsp3) is 0.562. The molecule has 0 fully saturated rings. The van der Waals surface area contributed by atoms with Gasteiger partial charge in [0.05, 0.1) is 16.4 Å². The minimum absolute atomic E-state index is 0.0883. The van der Waals surface area contributed by atoms with Crippen molar-refractivity contribution in [3.63, 3.8) is 0 Å². The number of hydrogen-bond acceptors (Lipinski definition) is 5. The minimum Gasteiger partial charge on any atom is -0.360 e. The Morgan fingerprint density at radius 3 is 3.05 bits per heavy atom. The number of aromatic nitrogens is 2. The van der Waals surface area contributed by atoms with E-state index < -0.39 is 0 Å². The van der Waals surface area contributed by atoms with E-state index in [1.165, 1.54) is 17.0 Å². The summed E-state index contributed by atoms with van der Waals surface area (Å²) < 4.78 is 5.20. The largest absolute Gasteiger partial charge is 0.360 e. The van der Waals surface area contributed by atoms with Crippen molar-refractivity contribution in [1.29, 1.82) is 0 Å². The number of nitrogens with one attached hydrogen (secondary N) is 1. The lowest BCUT2D eigenvalue weighted by Crippen LogP contribution is -2.30. The Labute approximate surface area is 134 Å². The van der Waals surface area contributed by atoms with E-state index in [2.05, 4.69) is 15.5 Å². The molecule has 3 rings (SSSR count). The van der Waals surface area contributed by atoms with Gasteiger partial charge >= 0.3 is 0 Å². The molecule has 0 spiro atoms. The maximum absolute atomic E-state index is 12.4. The van der Waals surface area contributed by atoms with Gasteiger partial charge in [0.1, 0.15) is 11.3 Å². The number of amides is 1. The maximum Gasteiger partial charge on any atom is 0.256 e. The normalized spacial score (nSPS) is 17.3. The molecule has 0 radical (unpaired) electrons. The number of aryl methyl sites for hydroxylation is 4. The number of nitrogens with zero attached hydrogens (tertiary/aromatic N) is 2. The third-order valence-corrected chi connectivity index (χ3v) is 5.21. The lowest BCUT2D eigenvalue weighted by Gasteiger charge is -2.21. The van der Waals surface area contributed by atoms with Crippen LogP contribution in [-0.4, -0.2) is 22.6 Å². The first-order valence-electron chi connectivity index (χ1n) is 7.79. The summed E-state index contributed by atoms with van der Waals surface area (Å²) in [5.74, 6) is 0.890. The summed E-state index contributed by atoms with van der Waals surface area (Å²) in [6.07, 6.45) is 4.04. The van der Waals surface area contributed by atoms with E-state index in [4.69, 9.17) is 4.52 Å². The lowest BCUT2D eigenvalue weighted by molar-refractivity contribution is 0.0947. The summed E-state index contributed by atoms with van der Waals surface area (Å²) in [6, 6.07) is 0. The van der Waals surface area contributed by atoms with Crippen LogP contribution in [0.3, 0.4) is 0 Å². The Kier molecular flexibility index (Phi) is 4.29. The highest BCUT2D eigenvalue weighted by molar-refractivity contribution is 7.11. The van der Waals surface area contributed by atoms with E-state index in [9.17, 15) is 4.79 Å². The molecule has 22 heavy (non-hydrogen) atoms. The minimum atomic E-state index is -0.0883. The smallest absolute Gasteiger partial charge is 0.256 e. The zero-order chi connectivity index (χ0) is 15.7. The second kappa shape index (κ2) is 6.20. The molecule has 2 aromatic rings. The van der Waals surface area contributed by atoms with Crippen LogP contribution < -0.4 is 5.32 Å². The van der Waals surface area contributed by atoms with Crippen LogP contribution in [0.1, 0.15) is 63.1 Å². The Bertz CT molecular complexity index is 690. The monoisotopic (exact) mass is 319 g/mol. The van der Waals surface area contributed by atoms with Crippen molar-refractivity contribution >= 4 is 17.2 Å². The molecular formula is C16H21N3O2S. The topological polar surface area (TPSA) is 68.0 Å². The number of carbonyl (C=O) groups is 1. The quantitative estimate of drug-likeness (QED) is 0.940. The lowest BCUT2D eigenvalue weighted by atomic mass is 9.91. The number of carbonyl (C=O) groups excluding carboxylic acids is 1. The highest BCUT2D eigenvalue weighted by atomic mass is 32.1. The van der Waals surface area contributed by atoms with Crippen LogP contribution in [0.2, 0.25) is 0 Å². The Morgan fingerprint density at radius 1 is 1.45 bits per heavy atom. The van der Waals surface area contributed by atoms with Gasteiger partial charge in [-0.05, 0) is 33.1 Å². The van der Waals surface area contributed by atoms with Gasteiger partial charge in [0.15, 0.2) is 0 Å². The predicted molar refractivity (Wildman–Crippen MR) is 85.5 cm³/mol. The van der Waals surface area contributed by atoms with E-state index in [0.29, 0.717) is 35.9 Å². The highest BCUT2D eigenvalue weighted by Gasteiger charge is 2.26. The third kappa shape index (κ3) is 2.79. The van der Waals surface area contributed by atoms with Crippen LogP contribution in [0.15, 0.2) is 4.52 Å². The SMILES string of the molecule is CCc1onc(C)c1C(=O)NC[C@@H]1CCCc2sc(C)nc21. The van der Waals surface area contributed by atoms with Crippen molar-refractivity contribution in [2.75, 3.05) is 6.54 Å². The van der Waals surface area contributed by atoms with E-state index in [1.54, 1.807) is 18.3 Å². The molecule has 0 saturated heterocycles. The predicted octanol–water partition coefficient (Wildman–Crippen LogP) is 3.16. The average Bonchev–Trinajstić information content (AvgIpc) is 3.06. The second-order valence-electron chi connectivity index (χ2n) is 5.76. The molecule has 1 aliphatic carbocycles. The van der Waals surface area contributed by atoms with Crippen LogP contribution in [0.5, 0.6) is 0 Å². The van der Waals surface area contributed by atoms with E-state index in [-0.39, 0.29) is 5.91 Å². The Morgan fingerprint density at radius 2 is 2.27 bits per heavy atom. The van der Waals surface area contributed by atoms with Gasteiger partial charge in [-0.15, -0.1) is 11.3 Å². The summed E-state index contributed by atoms with van der Waals surface area (Å²) in [6.45, 7) is 6.44. The molecule has 1 N–H and O–H groups in total. The van der Waals surface area contributed by atoms with Gasteiger partial charge in [0, 0.05) is 23.8 Å². The van der Waals surface area contributed by atoms with E-state index >= 15 is 0 Å². The van der Waals surface area contributed by atoms with E-state index in [0.717, 1.165) is 17.8 Å². The summed E-state index contributed by atoms with van der Waals surface area (Å²) in [7, 11) is 0. The van der Waals surface area contributed by atoms with E-state index in [1.807, 2.05) is 13.8 Å². The molecule has 5 nitrogen and oxygen atoms in total. The summed E-state index contributed by atoms with van der Waals surface area (Å²) in [5, 5.41) is 8.06. The molecule has 6 heteroatoms. The van der Waals surface area contributed by atoms with Gasteiger partial charge < -0.3 is 9.84 Å². The van der Waals surface area contributed by atoms with Crippen LogP contribution in [0.25, 0.3) is 0 Å². The number of rotatable bonds is 4. The third-order valence-electron chi connectivity index (χ3n) is 4.17. The van der Waals surface area contributed by atoms with Crippen LogP contribution >= 0.6 is 11.3 Å². The first-order chi connectivity index (χ1) is 10.6. The fourth-order valence-electron chi connectivity index (χ4n) is 3.08. The highest BCUT2D eigenvalue weighted by Crippen LogP contribution is 2.34. The van der Waals surface area contributed by atoms with Crippen molar-refractivity contribution < 1.29 is 9.32 Å². The van der Waals surface area contributed by atoms with Gasteiger partial charge in [-0.2, -0.15) is 0 Å². The summed E-state index contributed by atoms with van der Waals surface area (Å²) >= 11 is 1.79. The standard InChI is InChI=1S/C16H21N3O2S/c1-4-12-14(9(2)19-21-12)16(20)17-8-11-6-5-7-13-15(11)18-10(3)22-13/h11H,4-8H2,1-3H3,(H,17,20)/t11-/m0/s1. The second-order valence-corrected chi connectivity index (χ2v) is 7.05. The molecule has 0 saturated carbocycles. The first-order valence-corrected chi connectivity index (χ1v) is 8.61. The van der Waals surface area contributed by atoms with Crippen LogP contribution in [-0.2, 0) is 12.8 Å². The average molecular weight is 319 g/mol. The van der Waals surface area contributed by atoms with Gasteiger partial charge in [-0.3, -0.25) is 4.79 Å². The fourth-order valence-corrected chi connectivity index (χ4v) is 4.14. The molecule has 1 atom stereocenters. The number of hydrogen-bond donors (Lipinski definition) is 1. The first kappa shape index (κ1) is 15.2. The van der Waals surface area contributed by atoms with Crippen molar-refractivity contribution in [2.24, 2.45) is 0 Å². The molecule has 1 aliphatic rings. The number of fused-ring (bicyclic) bond motifs is 1. The molecule has 0 aliphatic heterocycles. The Hall–Kier alpha value is -1.69. The maximum atomic E-state index is 12.4. The van der Waals surface area contributed by atoms with Gasteiger partial charge in [0.25, 0.3) is 5.91 Å². The van der Waals surface area contributed by atoms with Crippen LogP contribution in [0, 0.1) is 13.8 Å². The molecular weight excluding hydrogens is 298 g/mol. The molecule has 0 aromatic carbocycles. The molecule has 2 aromatic heterocycles. The van der Waals surface area contributed by atoms with Gasteiger partial charge in [-0.1, -0.05) is 12.1 Å². The zero-order valence-electron chi connectivity index (χ0n) is 13.2. The van der Waals surface area contributed by atoms with Gasteiger partial charge in [0.2, 0.25) is 0 Å². The molecule has 2 heterocycles. The summed E-state index contributed by atoms with van der Waals surface area (Å²) in [4.78, 5) is 18.5. The van der Waals surface area contributed by atoms with Crippen LogP contribution in [0.4, 0.5) is 0 Å². The summed E-state index contributed by atoms with van der Waals surface area (Å²) in [5.41, 5.74) is 2.43. The van der Waals surface area contributed by atoms with Crippen molar-refractivity contribution in [3.05, 3.63) is 32.6 Å². The van der Waals surface area contributed by atoms with Crippen molar-refractivity contribution in [3.8, 4) is 0 Å². The molecule has 0 bridgehead atoms. The van der Waals surface area contributed by atoms with Crippen molar-refractivity contribution in [2.45, 2.75) is 52.4 Å².